The van der Waals surface area contributed by atoms with Gasteiger partial charge in [-0.1, -0.05) is 18.2 Å². The van der Waals surface area contributed by atoms with Gasteiger partial charge in [0.2, 0.25) is 0 Å². The first-order valence-electron chi connectivity index (χ1n) is 9.05. The lowest BCUT2D eigenvalue weighted by atomic mass is 10.2. The van der Waals surface area contributed by atoms with E-state index in [0.29, 0.717) is 19.8 Å². The van der Waals surface area contributed by atoms with Crippen LogP contribution < -0.4 is 15.4 Å². The van der Waals surface area contributed by atoms with E-state index in [-0.39, 0.29) is 0 Å². The van der Waals surface area contributed by atoms with Gasteiger partial charge in [0, 0.05) is 38.9 Å². The Kier molecular flexibility index (Phi) is 9.15. The number of para-hydroxylation sites is 1. The minimum absolute atomic E-state index is 0.538. The van der Waals surface area contributed by atoms with Crippen LogP contribution in [0.25, 0.3) is 0 Å². The minimum Gasteiger partial charge on any atom is -0.496 e. The van der Waals surface area contributed by atoms with Crippen molar-refractivity contribution in [3.8, 4) is 5.75 Å². The Hall–Kier alpha value is -1.79. The molecule has 2 N–H and O–H groups in total. The molecule has 0 bridgehead atoms. The lowest BCUT2D eigenvalue weighted by Crippen LogP contribution is -2.39. The predicted octanol–water partition coefficient (Wildman–Crippen LogP) is 2.19. The van der Waals surface area contributed by atoms with Gasteiger partial charge in [0.15, 0.2) is 5.96 Å². The number of hydrogen-bond acceptors (Lipinski definition) is 4. The van der Waals surface area contributed by atoms with Crippen LogP contribution in [-0.4, -0.2) is 53.0 Å². The fourth-order valence-electron chi connectivity index (χ4n) is 2.38. The molecule has 25 heavy (non-hydrogen) atoms. The molecule has 0 heterocycles. The van der Waals surface area contributed by atoms with Gasteiger partial charge in [-0.15, -0.1) is 0 Å². The molecule has 0 unspecified atom stereocenters. The molecule has 1 fully saturated rings. The number of methoxy groups -OCH3 is 1. The molecule has 0 atom stereocenters. The molecule has 0 radical (unpaired) electrons. The standard InChI is InChI=1S/C19H31N3O3/c1-20-19(21-10-5-12-24-14-16-8-9-16)22-11-13-25-15-17-6-3-4-7-18(17)23-2/h3-4,6-7,16H,5,8-15H2,1-2H3,(H2,20,21,22). The molecule has 0 aliphatic heterocycles. The highest BCUT2D eigenvalue weighted by Gasteiger charge is 2.20. The quantitative estimate of drug-likeness (QED) is 0.344. The lowest BCUT2D eigenvalue weighted by Gasteiger charge is -2.13. The van der Waals surface area contributed by atoms with Gasteiger partial charge in [0.05, 0.1) is 20.3 Å². The number of ether oxygens (including phenoxy) is 3. The SMILES string of the molecule is CN=C(NCCCOCC1CC1)NCCOCc1ccccc1OC. The van der Waals surface area contributed by atoms with Crippen LogP contribution in [0.5, 0.6) is 5.75 Å². The third-order valence-electron chi connectivity index (χ3n) is 4.02. The van der Waals surface area contributed by atoms with Gasteiger partial charge in [-0.25, -0.2) is 0 Å². The molecule has 140 valence electrons. The average Bonchev–Trinajstić information content (AvgIpc) is 3.47. The van der Waals surface area contributed by atoms with Crippen LogP contribution in [0.15, 0.2) is 29.3 Å². The Morgan fingerprint density at radius 2 is 1.92 bits per heavy atom. The Morgan fingerprint density at radius 3 is 2.68 bits per heavy atom. The number of nitrogens with zero attached hydrogens (tertiary/aromatic N) is 1. The third-order valence-corrected chi connectivity index (χ3v) is 4.02. The number of aliphatic imine (C=N–C) groups is 1. The maximum atomic E-state index is 5.70. The summed E-state index contributed by atoms with van der Waals surface area (Å²) in [4.78, 5) is 4.21. The fourth-order valence-corrected chi connectivity index (χ4v) is 2.38. The van der Waals surface area contributed by atoms with Crippen molar-refractivity contribution in [3.05, 3.63) is 29.8 Å². The summed E-state index contributed by atoms with van der Waals surface area (Å²) in [5.74, 6) is 2.48. The van der Waals surface area contributed by atoms with E-state index in [4.69, 9.17) is 14.2 Å². The van der Waals surface area contributed by atoms with Gasteiger partial charge in [0.1, 0.15) is 5.75 Å². The summed E-state index contributed by atoms with van der Waals surface area (Å²) in [7, 11) is 3.45. The molecule has 1 aliphatic carbocycles. The van der Waals surface area contributed by atoms with Crippen LogP contribution in [0, 0.1) is 5.92 Å². The summed E-state index contributed by atoms with van der Waals surface area (Å²) in [6.45, 7) is 4.43. The van der Waals surface area contributed by atoms with Gasteiger partial charge in [-0.2, -0.15) is 0 Å². The number of guanidine groups is 1. The second-order valence-electron chi connectivity index (χ2n) is 6.16. The summed E-state index contributed by atoms with van der Waals surface area (Å²) in [6.07, 6.45) is 3.67. The molecule has 1 aromatic rings. The third kappa shape index (κ3) is 8.23. The molecule has 2 rings (SSSR count). The van der Waals surface area contributed by atoms with Crippen molar-refractivity contribution in [1.82, 2.24) is 10.6 Å². The highest BCUT2D eigenvalue weighted by atomic mass is 16.5. The van der Waals surface area contributed by atoms with E-state index in [0.717, 1.165) is 49.4 Å². The predicted molar refractivity (Wildman–Crippen MR) is 100 cm³/mol. The Balaban J connectivity index is 1.48. The van der Waals surface area contributed by atoms with Crippen LogP contribution in [0.2, 0.25) is 0 Å². The van der Waals surface area contributed by atoms with Gasteiger partial charge in [-0.3, -0.25) is 4.99 Å². The zero-order chi connectivity index (χ0) is 17.7. The highest BCUT2D eigenvalue weighted by molar-refractivity contribution is 5.79. The van der Waals surface area contributed by atoms with Crippen molar-refractivity contribution in [2.45, 2.75) is 25.9 Å². The van der Waals surface area contributed by atoms with E-state index >= 15 is 0 Å². The summed E-state index contributed by atoms with van der Waals surface area (Å²) in [5, 5.41) is 6.53. The first-order chi connectivity index (χ1) is 12.3. The summed E-state index contributed by atoms with van der Waals surface area (Å²) < 4.78 is 16.6. The van der Waals surface area contributed by atoms with Crippen molar-refractivity contribution in [2.24, 2.45) is 10.9 Å². The number of benzene rings is 1. The topological polar surface area (TPSA) is 64.1 Å². The van der Waals surface area contributed by atoms with Crippen molar-refractivity contribution >= 4 is 5.96 Å². The Bertz CT molecular complexity index is 518. The minimum atomic E-state index is 0.538. The highest BCUT2D eigenvalue weighted by Crippen LogP contribution is 2.28. The van der Waals surface area contributed by atoms with Crippen LogP contribution in [0.1, 0.15) is 24.8 Å². The first kappa shape index (κ1) is 19.5. The zero-order valence-electron chi connectivity index (χ0n) is 15.4. The van der Waals surface area contributed by atoms with Crippen molar-refractivity contribution in [2.75, 3.05) is 47.1 Å². The van der Waals surface area contributed by atoms with E-state index < -0.39 is 0 Å². The summed E-state index contributed by atoms with van der Waals surface area (Å²) in [5.41, 5.74) is 1.05. The largest absolute Gasteiger partial charge is 0.496 e. The molecule has 0 amide bonds. The van der Waals surface area contributed by atoms with Crippen LogP contribution in [0.4, 0.5) is 0 Å². The maximum Gasteiger partial charge on any atom is 0.191 e. The zero-order valence-corrected chi connectivity index (χ0v) is 15.4. The normalized spacial score (nSPS) is 14.4. The van der Waals surface area contributed by atoms with E-state index in [2.05, 4.69) is 15.6 Å². The smallest absolute Gasteiger partial charge is 0.191 e. The van der Waals surface area contributed by atoms with Crippen molar-refractivity contribution in [3.63, 3.8) is 0 Å². The number of rotatable bonds is 12. The molecule has 0 saturated heterocycles. The number of nitrogens with one attached hydrogen (secondary N) is 2. The maximum absolute atomic E-state index is 5.70. The van der Waals surface area contributed by atoms with Gasteiger partial charge in [0.25, 0.3) is 0 Å². The summed E-state index contributed by atoms with van der Waals surface area (Å²) >= 11 is 0. The van der Waals surface area contributed by atoms with Crippen molar-refractivity contribution in [1.29, 1.82) is 0 Å². The molecular weight excluding hydrogens is 318 g/mol. The number of hydrogen-bond donors (Lipinski definition) is 2. The first-order valence-corrected chi connectivity index (χ1v) is 9.05. The van der Waals surface area contributed by atoms with Gasteiger partial charge >= 0.3 is 0 Å². The van der Waals surface area contributed by atoms with Crippen LogP contribution >= 0.6 is 0 Å². The van der Waals surface area contributed by atoms with Crippen LogP contribution in [0.3, 0.4) is 0 Å². The Labute approximate surface area is 151 Å². The molecule has 1 aromatic carbocycles. The van der Waals surface area contributed by atoms with Gasteiger partial charge in [-0.05, 0) is 31.2 Å². The average molecular weight is 349 g/mol. The van der Waals surface area contributed by atoms with E-state index in [1.165, 1.54) is 12.8 Å². The van der Waals surface area contributed by atoms with E-state index in [9.17, 15) is 0 Å². The monoisotopic (exact) mass is 349 g/mol. The molecular formula is C19H31N3O3. The molecule has 6 heteroatoms. The van der Waals surface area contributed by atoms with Gasteiger partial charge < -0.3 is 24.8 Å². The van der Waals surface area contributed by atoms with Crippen molar-refractivity contribution < 1.29 is 14.2 Å². The second-order valence-corrected chi connectivity index (χ2v) is 6.16. The van der Waals surface area contributed by atoms with E-state index in [1.54, 1.807) is 14.2 Å². The summed E-state index contributed by atoms with van der Waals surface area (Å²) in [6, 6.07) is 7.89. The molecule has 0 spiro atoms. The van der Waals surface area contributed by atoms with E-state index in [1.807, 2.05) is 24.3 Å². The molecule has 1 aliphatic rings. The second kappa shape index (κ2) is 11.7. The van der Waals surface area contributed by atoms with Crippen LogP contribution in [-0.2, 0) is 16.1 Å². The fraction of sp³-hybridized carbons (Fsp3) is 0.632. The molecule has 0 aromatic heterocycles. The lowest BCUT2D eigenvalue weighted by molar-refractivity contribution is 0.122. The molecule has 1 saturated carbocycles. The molecule has 6 nitrogen and oxygen atoms in total. The Morgan fingerprint density at radius 1 is 1.12 bits per heavy atom.